The lowest BCUT2D eigenvalue weighted by atomic mass is 9.80. The number of carbonyl (C=O) groups is 1. The highest BCUT2D eigenvalue weighted by molar-refractivity contribution is 6.31. The fourth-order valence-corrected chi connectivity index (χ4v) is 3.12. The van der Waals surface area contributed by atoms with Crippen LogP contribution in [0.5, 0.6) is 0 Å². The quantitative estimate of drug-likeness (QED) is 0.810. The van der Waals surface area contributed by atoms with Gasteiger partial charge in [0.05, 0.1) is 36.9 Å². The minimum atomic E-state index is -0.737. The first-order chi connectivity index (χ1) is 11.9. The van der Waals surface area contributed by atoms with E-state index in [-0.39, 0.29) is 10.6 Å². The van der Waals surface area contributed by atoms with E-state index in [1.54, 1.807) is 14.0 Å². The van der Waals surface area contributed by atoms with Gasteiger partial charge < -0.3 is 14.8 Å². The number of rotatable bonds is 5. The molecule has 1 aromatic carbocycles. The molecule has 1 aliphatic rings. The molecule has 0 spiro atoms. The molecule has 0 saturated carbocycles. The van der Waals surface area contributed by atoms with Gasteiger partial charge in [-0.1, -0.05) is 17.7 Å². The standard InChI is InChI=1S/C18H18ClFN2O3/c1-10-13(9-21)16(12-5-4-11(20)8-14(12)19)17(18(23)25-3)15(22-10)6-7-24-2/h4-5,8,16,22H,6-7H2,1-3H3. The normalized spacial score (nSPS) is 17.2. The van der Waals surface area contributed by atoms with Gasteiger partial charge in [-0.25, -0.2) is 9.18 Å². The molecule has 0 amide bonds. The van der Waals surface area contributed by atoms with Gasteiger partial charge in [0.2, 0.25) is 0 Å². The highest BCUT2D eigenvalue weighted by atomic mass is 35.5. The van der Waals surface area contributed by atoms with E-state index in [4.69, 9.17) is 21.1 Å². The first kappa shape index (κ1) is 19.0. The van der Waals surface area contributed by atoms with Gasteiger partial charge in [0.1, 0.15) is 5.82 Å². The van der Waals surface area contributed by atoms with Crippen LogP contribution in [0.2, 0.25) is 5.02 Å². The smallest absolute Gasteiger partial charge is 0.336 e. The molecule has 0 bridgehead atoms. The Kier molecular flexibility index (Phi) is 6.18. The molecule has 1 aliphatic heterocycles. The fourth-order valence-electron chi connectivity index (χ4n) is 2.84. The van der Waals surface area contributed by atoms with Crippen molar-refractivity contribution < 1.29 is 18.7 Å². The molecule has 1 unspecified atom stereocenters. The van der Waals surface area contributed by atoms with E-state index in [1.807, 2.05) is 0 Å². The van der Waals surface area contributed by atoms with E-state index in [0.29, 0.717) is 35.6 Å². The van der Waals surface area contributed by atoms with Crippen LogP contribution in [0, 0.1) is 17.1 Å². The number of dihydropyridines is 1. The molecule has 0 aliphatic carbocycles. The molecule has 132 valence electrons. The lowest BCUT2D eigenvalue weighted by Gasteiger charge is -2.30. The Morgan fingerprint density at radius 2 is 2.16 bits per heavy atom. The highest BCUT2D eigenvalue weighted by Crippen LogP contribution is 2.41. The van der Waals surface area contributed by atoms with Crippen LogP contribution in [0.15, 0.2) is 40.7 Å². The molecule has 1 aromatic rings. The van der Waals surface area contributed by atoms with Crippen LogP contribution in [-0.4, -0.2) is 26.8 Å². The Hall–Kier alpha value is -2.36. The van der Waals surface area contributed by atoms with Gasteiger partial charge >= 0.3 is 5.97 Å². The lowest BCUT2D eigenvalue weighted by Crippen LogP contribution is -2.30. The van der Waals surface area contributed by atoms with Gasteiger partial charge in [-0.15, -0.1) is 0 Å². The van der Waals surface area contributed by atoms with E-state index < -0.39 is 17.7 Å². The number of ether oxygens (including phenoxy) is 2. The fraction of sp³-hybridized carbons (Fsp3) is 0.333. The van der Waals surface area contributed by atoms with Gasteiger partial charge in [0, 0.05) is 29.9 Å². The van der Waals surface area contributed by atoms with Crippen molar-refractivity contribution in [1.29, 1.82) is 5.26 Å². The van der Waals surface area contributed by atoms with Gasteiger partial charge in [-0.2, -0.15) is 5.26 Å². The SMILES string of the molecule is COCCC1=C(C(=O)OC)C(c2ccc(F)cc2Cl)C(C#N)=C(C)N1. The molecule has 2 rings (SSSR count). The van der Waals surface area contributed by atoms with Crippen molar-refractivity contribution in [2.24, 2.45) is 0 Å². The maximum absolute atomic E-state index is 13.4. The van der Waals surface area contributed by atoms with Crippen molar-refractivity contribution >= 4 is 17.6 Å². The summed E-state index contributed by atoms with van der Waals surface area (Å²) in [6.07, 6.45) is 0.423. The predicted octanol–water partition coefficient (Wildman–Crippen LogP) is 3.43. The Balaban J connectivity index is 2.69. The third-order valence-corrected chi connectivity index (χ3v) is 4.33. The first-order valence-corrected chi connectivity index (χ1v) is 7.95. The van der Waals surface area contributed by atoms with E-state index in [2.05, 4.69) is 11.4 Å². The zero-order chi connectivity index (χ0) is 18.6. The van der Waals surface area contributed by atoms with Crippen molar-refractivity contribution in [2.75, 3.05) is 20.8 Å². The van der Waals surface area contributed by atoms with Crippen molar-refractivity contribution in [3.05, 3.63) is 57.1 Å². The number of halogens is 2. The summed E-state index contributed by atoms with van der Waals surface area (Å²) in [6, 6.07) is 6.01. The minimum absolute atomic E-state index is 0.139. The van der Waals surface area contributed by atoms with Crippen LogP contribution in [0.25, 0.3) is 0 Å². The number of hydrogen-bond donors (Lipinski definition) is 1. The average molecular weight is 365 g/mol. The summed E-state index contributed by atoms with van der Waals surface area (Å²) in [5.74, 6) is -1.81. The monoisotopic (exact) mass is 364 g/mol. The summed E-state index contributed by atoms with van der Waals surface area (Å²) < 4.78 is 23.5. The molecule has 0 aromatic heterocycles. The number of nitrogens with one attached hydrogen (secondary N) is 1. The number of esters is 1. The van der Waals surface area contributed by atoms with Gasteiger partial charge in [-0.05, 0) is 24.6 Å². The van der Waals surface area contributed by atoms with Gasteiger partial charge in [0.25, 0.3) is 0 Å². The van der Waals surface area contributed by atoms with Crippen LogP contribution in [-0.2, 0) is 14.3 Å². The second-order valence-corrected chi connectivity index (χ2v) is 5.91. The molecule has 0 radical (unpaired) electrons. The second-order valence-electron chi connectivity index (χ2n) is 5.50. The Bertz CT molecular complexity index is 796. The lowest BCUT2D eigenvalue weighted by molar-refractivity contribution is -0.136. The maximum Gasteiger partial charge on any atom is 0.336 e. The van der Waals surface area contributed by atoms with E-state index in [1.165, 1.54) is 19.2 Å². The van der Waals surface area contributed by atoms with Crippen LogP contribution in [0.3, 0.4) is 0 Å². The highest BCUT2D eigenvalue weighted by Gasteiger charge is 2.36. The number of hydrogen-bond acceptors (Lipinski definition) is 5. The van der Waals surface area contributed by atoms with E-state index in [9.17, 15) is 14.4 Å². The number of carbonyl (C=O) groups excluding carboxylic acids is 1. The van der Waals surface area contributed by atoms with E-state index in [0.717, 1.165) is 6.07 Å². The molecular formula is C18H18ClFN2O3. The van der Waals surface area contributed by atoms with Crippen molar-refractivity contribution in [1.82, 2.24) is 5.32 Å². The van der Waals surface area contributed by atoms with Crippen molar-refractivity contribution in [2.45, 2.75) is 19.3 Å². The number of methoxy groups -OCH3 is 2. The zero-order valence-electron chi connectivity index (χ0n) is 14.2. The summed E-state index contributed by atoms with van der Waals surface area (Å²) in [4.78, 5) is 12.5. The Morgan fingerprint density at radius 3 is 2.72 bits per heavy atom. The molecule has 5 nitrogen and oxygen atoms in total. The molecule has 7 heteroatoms. The van der Waals surface area contributed by atoms with Crippen LogP contribution in [0.4, 0.5) is 4.39 Å². The second kappa shape index (κ2) is 8.15. The third kappa shape index (κ3) is 3.84. The predicted molar refractivity (Wildman–Crippen MR) is 91.1 cm³/mol. The Morgan fingerprint density at radius 1 is 1.44 bits per heavy atom. The molecule has 0 saturated heterocycles. The minimum Gasteiger partial charge on any atom is -0.466 e. The van der Waals surface area contributed by atoms with Gasteiger partial charge in [0.15, 0.2) is 0 Å². The van der Waals surface area contributed by atoms with Crippen molar-refractivity contribution in [3.8, 4) is 6.07 Å². The molecular weight excluding hydrogens is 347 g/mol. The average Bonchev–Trinajstić information content (AvgIpc) is 2.58. The van der Waals surface area contributed by atoms with Gasteiger partial charge in [-0.3, -0.25) is 0 Å². The van der Waals surface area contributed by atoms with Crippen LogP contribution < -0.4 is 5.32 Å². The molecule has 1 N–H and O–H groups in total. The number of benzene rings is 1. The number of nitrogens with zero attached hydrogens (tertiary/aromatic N) is 1. The molecule has 1 heterocycles. The number of allylic oxidation sites excluding steroid dienone is 2. The number of nitriles is 1. The van der Waals surface area contributed by atoms with E-state index >= 15 is 0 Å². The summed E-state index contributed by atoms with van der Waals surface area (Å²) in [5.41, 5.74) is 2.27. The maximum atomic E-state index is 13.4. The summed E-state index contributed by atoms with van der Waals surface area (Å²) in [5, 5.41) is 12.8. The Labute approximate surface area is 150 Å². The largest absolute Gasteiger partial charge is 0.466 e. The molecule has 0 fully saturated rings. The summed E-state index contributed by atoms with van der Waals surface area (Å²) in [6.45, 7) is 2.12. The van der Waals surface area contributed by atoms with Crippen LogP contribution in [0.1, 0.15) is 24.8 Å². The molecule has 25 heavy (non-hydrogen) atoms. The van der Waals surface area contributed by atoms with Crippen LogP contribution >= 0.6 is 11.6 Å². The first-order valence-electron chi connectivity index (χ1n) is 7.57. The molecule has 1 atom stereocenters. The zero-order valence-corrected chi connectivity index (χ0v) is 14.9. The third-order valence-electron chi connectivity index (χ3n) is 4.00. The van der Waals surface area contributed by atoms with Crippen molar-refractivity contribution in [3.63, 3.8) is 0 Å². The summed E-state index contributed by atoms with van der Waals surface area (Å²) in [7, 11) is 2.82. The topological polar surface area (TPSA) is 71.3 Å². The summed E-state index contributed by atoms with van der Waals surface area (Å²) >= 11 is 6.21.